The van der Waals surface area contributed by atoms with Crippen molar-refractivity contribution in [1.29, 1.82) is 0 Å². The minimum absolute atomic E-state index is 0.187. The molecule has 3 aliphatic rings. The third kappa shape index (κ3) is 6.94. The smallest absolute Gasteiger partial charge is 0.321 e. The van der Waals surface area contributed by atoms with E-state index in [0.717, 1.165) is 77.8 Å². The number of amides is 4. The van der Waals surface area contributed by atoms with Crippen LogP contribution in [0.15, 0.2) is 0 Å². The topological polar surface area (TPSA) is 85.0 Å². The first-order valence-electron chi connectivity index (χ1n) is 11.9. The molecule has 1 unspecified atom stereocenters. The van der Waals surface area contributed by atoms with Gasteiger partial charge in [0, 0.05) is 45.3 Å². The van der Waals surface area contributed by atoms with Gasteiger partial charge in [0.15, 0.2) is 0 Å². The van der Waals surface area contributed by atoms with Gasteiger partial charge in [-0.3, -0.25) is 24.7 Å². The van der Waals surface area contributed by atoms with Crippen LogP contribution in [0.1, 0.15) is 64.7 Å². The van der Waals surface area contributed by atoms with Gasteiger partial charge in [-0.15, -0.1) is 0 Å². The molecule has 170 valence electrons. The summed E-state index contributed by atoms with van der Waals surface area (Å²) in [5.74, 6) is -0.0204. The van der Waals surface area contributed by atoms with E-state index in [1.165, 1.54) is 19.3 Å². The van der Waals surface area contributed by atoms with Gasteiger partial charge in [0.25, 0.3) is 0 Å². The minimum atomic E-state index is -0.375. The fraction of sp³-hybridized carbons (Fsp3) is 0.864. The molecule has 2 saturated heterocycles. The standard InChI is InChI=1S/C22H39N5O3/c1-18(21(29)24-22(30)23-19-9-5-4-6-10-19)26-15-13-25(14-16-26)17-20(28)27-11-7-2-3-8-12-27/h18-19H,2-17H2,1H3,(H2,23,24,29,30). The van der Waals surface area contributed by atoms with Gasteiger partial charge < -0.3 is 10.2 Å². The van der Waals surface area contributed by atoms with Crippen molar-refractivity contribution >= 4 is 17.8 Å². The van der Waals surface area contributed by atoms with Crippen molar-refractivity contribution < 1.29 is 14.4 Å². The molecule has 1 saturated carbocycles. The number of likely N-dealkylation sites (tertiary alicyclic amines) is 1. The van der Waals surface area contributed by atoms with Gasteiger partial charge in [0.2, 0.25) is 11.8 Å². The summed E-state index contributed by atoms with van der Waals surface area (Å²) in [5, 5.41) is 5.44. The van der Waals surface area contributed by atoms with E-state index in [9.17, 15) is 14.4 Å². The summed E-state index contributed by atoms with van der Waals surface area (Å²) in [7, 11) is 0. The van der Waals surface area contributed by atoms with Crippen LogP contribution in [0, 0.1) is 0 Å². The zero-order valence-electron chi connectivity index (χ0n) is 18.5. The third-order valence-electron chi connectivity index (χ3n) is 6.83. The molecule has 2 aliphatic heterocycles. The highest BCUT2D eigenvalue weighted by atomic mass is 16.2. The highest BCUT2D eigenvalue weighted by molar-refractivity contribution is 5.96. The van der Waals surface area contributed by atoms with Crippen LogP contribution in [-0.2, 0) is 9.59 Å². The first kappa shape index (κ1) is 23.0. The van der Waals surface area contributed by atoms with Crippen molar-refractivity contribution in [2.24, 2.45) is 0 Å². The lowest BCUT2D eigenvalue weighted by molar-refractivity contribution is -0.133. The normalized spacial score (nSPS) is 23.4. The molecule has 8 heteroatoms. The van der Waals surface area contributed by atoms with Crippen molar-refractivity contribution in [3.63, 3.8) is 0 Å². The molecule has 0 bridgehead atoms. The molecule has 1 atom stereocenters. The van der Waals surface area contributed by atoms with Crippen LogP contribution in [0.2, 0.25) is 0 Å². The lowest BCUT2D eigenvalue weighted by atomic mass is 9.96. The Hall–Kier alpha value is -1.67. The molecule has 8 nitrogen and oxygen atoms in total. The van der Waals surface area contributed by atoms with E-state index >= 15 is 0 Å². The Labute approximate surface area is 180 Å². The molecule has 1 aliphatic carbocycles. The zero-order chi connectivity index (χ0) is 21.3. The first-order chi connectivity index (χ1) is 14.5. The summed E-state index contributed by atoms with van der Waals surface area (Å²) in [4.78, 5) is 43.5. The summed E-state index contributed by atoms with van der Waals surface area (Å²) in [6.45, 7) is 7.09. The van der Waals surface area contributed by atoms with Crippen molar-refractivity contribution in [2.45, 2.75) is 76.8 Å². The van der Waals surface area contributed by atoms with E-state index in [1.54, 1.807) is 0 Å². The van der Waals surface area contributed by atoms with E-state index in [-0.39, 0.29) is 29.9 Å². The van der Waals surface area contributed by atoms with E-state index < -0.39 is 0 Å². The number of carbonyl (C=O) groups is 3. The molecule has 0 aromatic heterocycles. The molecule has 2 heterocycles. The van der Waals surface area contributed by atoms with E-state index in [4.69, 9.17) is 0 Å². The number of nitrogens with one attached hydrogen (secondary N) is 2. The number of hydrogen-bond donors (Lipinski definition) is 2. The molecule has 30 heavy (non-hydrogen) atoms. The Balaban J connectivity index is 1.36. The largest absolute Gasteiger partial charge is 0.342 e. The number of imide groups is 1. The van der Waals surface area contributed by atoms with E-state index in [1.807, 2.05) is 11.8 Å². The van der Waals surface area contributed by atoms with Gasteiger partial charge in [-0.05, 0) is 32.6 Å². The highest BCUT2D eigenvalue weighted by Crippen LogP contribution is 2.17. The lowest BCUT2D eigenvalue weighted by Crippen LogP contribution is -2.57. The Morgan fingerprint density at radius 1 is 0.833 bits per heavy atom. The van der Waals surface area contributed by atoms with Gasteiger partial charge in [0.1, 0.15) is 0 Å². The Kier molecular flexibility index (Phi) is 8.93. The number of carbonyl (C=O) groups excluding carboxylic acids is 3. The number of hydrogen-bond acceptors (Lipinski definition) is 5. The van der Waals surface area contributed by atoms with Gasteiger partial charge >= 0.3 is 6.03 Å². The summed E-state index contributed by atoms with van der Waals surface area (Å²) >= 11 is 0. The average molecular weight is 422 g/mol. The van der Waals surface area contributed by atoms with Crippen molar-refractivity contribution in [3.8, 4) is 0 Å². The fourth-order valence-electron chi connectivity index (χ4n) is 4.77. The van der Waals surface area contributed by atoms with Crippen molar-refractivity contribution in [2.75, 3.05) is 45.8 Å². The SMILES string of the molecule is CC(C(=O)NC(=O)NC1CCCCC1)N1CCN(CC(=O)N2CCCCCC2)CC1. The second-order valence-corrected chi connectivity index (χ2v) is 9.08. The summed E-state index contributed by atoms with van der Waals surface area (Å²) in [6.07, 6.45) is 10.2. The van der Waals surface area contributed by atoms with Gasteiger partial charge in [-0.25, -0.2) is 4.79 Å². The fourth-order valence-corrected chi connectivity index (χ4v) is 4.77. The van der Waals surface area contributed by atoms with Gasteiger partial charge in [-0.2, -0.15) is 0 Å². The molecular weight excluding hydrogens is 382 g/mol. The van der Waals surface area contributed by atoms with Crippen LogP contribution >= 0.6 is 0 Å². The minimum Gasteiger partial charge on any atom is -0.342 e. The van der Waals surface area contributed by atoms with E-state index in [2.05, 4.69) is 20.4 Å². The maximum Gasteiger partial charge on any atom is 0.321 e. The molecule has 0 aromatic carbocycles. The maximum atomic E-state index is 12.6. The van der Waals surface area contributed by atoms with E-state index in [0.29, 0.717) is 6.54 Å². The molecule has 3 fully saturated rings. The van der Waals surface area contributed by atoms with Crippen LogP contribution in [0.3, 0.4) is 0 Å². The first-order valence-corrected chi connectivity index (χ1v) is 11.9. The number of urea groups is 1. The number of nitrogens with zero attached hydrogens (tertiary/aromatic N) is 3. The van der Waals surface area contributed by atoms with Gasteiger partial charge in [-0.1, -0.05) is 32.1 Å². The summed E-state index contributed by atoms with van der Waals surface area (Å²) in [6, 6.07) is -0.543. The second kappa shape index (κ2) is 11.6. The molecule has 3 rings (SSSR count). The Bertz CT molecular complexity index is 577. The molecule has 0 spiro atoms. The van der Waals surface area contributed by atoms with Crippen LogP contribution in [0.5, 0.6) is 0 Å². The van der Waals surface area contributed by atoms with Gasteiger partial charge in [0.05, 0.1) is 12.6 Å². The molecule has 0 aromatic rings. The second-order valence-electron chi connectivity index (χ2n) is 9.08. The Morgan fingerprint density at radius 3 is 2.07 bits per heavy atom. The zero-order valence-corrected chi connectivity index (χ0v) is 18.5. The lowest BCUT2D eigenvalue weighted by Gasteiger charge is -2.37. The molecule has 2 N–H and O–H groups in total. The summed E-state index contributed by atoms with van der Waals surface area (Å²) < 4.78 is 0. The monoisotopic (exact) mass is 421 g/mol. The van der Waals surface area contributed by atoms with Crippen molar-refractivity contribution in [1.82, 2.24) is 25.3 Å². The summed E-state index contributed by atoms with van der Waals surface area (Å²) in [5.41, 5.74) is 0. The van der Waals surface area contributed by atoms with Crippen LogP contribution in [-0.4, -0.2) is 90.4 Å². The van der Waals surface area contributed by atoms with Crippen LogP contribution in [0.25, 0.3) is 0 Å². The van der Waals surface area contributed by atoms with Crippen LogP contribution < -0.4 is 10.6 Å². The predicted molar refractivity (Wildman–Crippen MR) is 116 cm³/mol. The molecule has 0 radical (unpaired) electrons. The molecular formula is C22H39N5O3. The number of rotatable bonds is 5. The quantitative estimate of drug-likeness (QED) is 0.704. The highest BCUT2D eigenvalue weighted by Gasteiger charge is 2.28. The molecule has 4 amide bonds. The number of piperazine rings is 1. The average Bonchev–Trinajstić information content (AvgIpc) is 3.04. The maximum absolute atomic E-state index is 12.6. The van der Waals surface area contributed by atoms with Crippen LogP contribution in [0.4, 0.5) is 4.79 Å². The Morgan fingerprint density at radius 2 is 1.43 bits per heavy atom. The predicted octanol–water partition coefficient (Wildman–Crippen LogP) is 1.55. The van der Waals surface area contributed by atoms with Crippen molar-refractivity contribution in [3.05, 3.63) is 0 Å². The third-order valence-corrected chi connectivity index (χ3v) is 6.83.